The molecule has 1 heterocycles. The summed E-state index contributed by atoms with van der Waals surface area (Å²) >= 11 is 0. The molecule has 2 aromatic carbocycles. The molecule has 0 saturated carbocycles. The summed E-state index contributed by atoms with van der Waals surface area (Å²) in [4.78, 5) is 23.8. The molecular weight excluding hydrogens is 312 g/mol. The predicted octanol–water partition coefficient (Wildman–Crippen LogP) is 3.07. The SMILES string of the molecule is O=C1CCCCC(C(=O)NCCc2ccc(-c3ccccc3)cc2)N1. The first-order valence-electron chi connectivity index (χ1n) is 8.94. The molecule has 2 N–H and O–H groups in total. The van der Waals surface area contributed by atoms with Gasteiger partial charge >= 0.3 is 0 Å². The van der Waals surface area contributed by atoms with Crippen LogP contribution >= 0.6 is 0 Å². The lowest BCUT2D eigenvalue weighted by molar-refractivity contribution is -0.128. The summed E-state index contributed by atoms with van der Waals surface area (Å²) in [6.45, 7) is 0.579. The van der Waals surface area contributed by atoms with Gasteiger partial charge in [0.1, 0.15) is 6.04 Å². The molecule has 0 radical (unpaired) electrons. The fourth-order valence-corrected chi connectivity index (χ4v) is 3.12. The van der Waals surface area contributed by atoms with Gasteiger partial charge in [0.2, 0.25) is 11.8 Å². The summed E-state index contributed by atoms with van der Waals surface area (Å²) < 4.78 is 0. The molecular formula is C21H24N2O2. The van der Waals surface area contributed by atoms with Crippen LogP contribution in [0.25, 0.3) is 11.1 Å². The van der Waals surface area contributed by atoms with Crippen molar-refractivity contribution in [2.75, 3.05) is 6.54 Å². The quantitative estimate of drug-likeness (QED) is 0.881. The number of carbonyl (C=O) groups is 2. The normalized spacial score (nSPS) is 17.4. The average Bonchev–Trinajstić information content (AvgIpc) is 2.87. The summed E-state index contributed by atoms with van der Waals surface area (Å²) in [6, 6.07) is 18.3. The molecule has 0 spiro atoms. The van der Waals surface area contributed by atoms with Gasteiger partial charge in [0.25, 0.3) is 0 Å². The maximum absolute atomic E-state index is 12.2. The number of hydrogen-bond donors (Lipinski definition) is 2. The van der Waals surface area contributed by atoms with Crippen molar-refractivity contribution in [2.45, 2.75) is 38.1 Å². The molecule has 1 atom stereocenters. The molecule has 2 amide bonds. The van der Waals surface area contributed by atoms with Gasteiger partial charge in [-0.2, -0.15) is 0 Å². The third-order valence-electron chi connectivity index (χ3n) is 4.57. The van der Waals surface area contributed by atoms with Gasteiger partial charge in [0.05, 0.1) is 0 Å². The molecule has 1 fully saturated rings. The van der Waals surface area contributed by atoms with Crippen LogP contribution in [-0.2, 0) is 16.0 Å². The van der Waals surface area contributed by atoms with E-state index in [9.17, 15) is 9.59 Å². The van der Waals surface area contributed by atoms with Crippen molar-refractivity contribution in [1.82, 2.24) is 10.6 Å². The van der Waals surface area contributed by atoms with Gasteiger partial charge in [-0.25, -0.2) is 0 Å². The smallest absolute Gasteiger partial charge is 0.242 e. The van der Waals surface area contributed by atoms with E-state index in [2.05, 4.69) is 47.0 Å². The van der Waals surface area contributed by atoms with Gasteiger partial charge in [-0.3, -0.25) is 9.59 Å². The van der Waals surface area contributed by atoms with Gasteiger partial charge in [-0.05, 0) is 36.0 Å². The van der Waals surface area contributed by atoms with E-state index in [-0.39, 0.29) is 17.9 Å². The highest BCUT2D eigenvalue weighted by molar-refractivity contribution is 5.87. The second-order valence-corrected chi connectivity index (χ2v) is 6.47. The van der Waals surface area contributed by atoms with Crippen molar-refractivity contribution < 1.29 is 9.59 Å². The third-order valence-corrected chi connectivity index (χ3v) is 4.57. The summed E-state index contributed by atoms with van der Waals surface area (Å²) in [5.41, 5.74) is 3.57. The Morgan fingerprint density at radius 3 is 2.48 bits per heavy atom. The molecule has 0 aromatic heterocycles. The topological polar surface area (TPSA) is 58.2 Å². The van der Waals surface area contributed by atoms with Crippen LogP contribution in [0.4, 0.5) is 0 Å². The Bertz CT molecular complexity index is 710. The Balaban J connectivity index is 1.48. The van der Waals surface area contributed by atoms with Crippen molar-refractivity contribution in [3.05, 3.63) is 60.2 Å². The third kappa shape index (κ3) is 4.92. The Kier molecular flexibility index (Phi) is 5.83. The number of hydrogen-bond acceptors (Lipinski definition) is 2. The van der Waals surface area contributed by atoms with Crippen LogP contribution < -0.4 is 10.6 Å². The number of carbonyl (C=O) groups excluding carboxylic acids is 2. The Hall–Kier alpha value is -2.62. The minimum Gasteiger partial charge on any atom is -0.354 e. The Morgan fingerprint density at radius 1 is 1.00 bits per heavy atom. The first-order chi connectivity index (χ1) is 12.2. The maximum Gasteiger partial charge on any atom is 0.242 e. The van der Waals surface area contributed by atoms with Crippen molar-refractivity contribution in [1.29, 1.82) is 0 Å². The fraction of sp³-hybridized carbons (Fsp3) is 0.333. The van der Waals surface area contributed by atoms with Crippen molar-refractivity contribution in [2.24, 2.45) is 0 Å². The molecule has 25 heavy (non-hydrogen) atoms. The van der Waals surface area contributed by atoms with Crippen LogP contribution in [0.3, 0.4) is 0 Å². The molecule has 1 aliphatic heterocycles. The van der Waals surface area contributed by atoms with Crippen LogP contribution in [0.15, 0.2) is 54.6 Å². The highest BCUT2D eigenvalue weighted by atomic mass is 16.2. The molecule has 0 bridgehead atoms. The Labute approximate surface area is 148 Å². The van der Waals surface area contributed by atoms with Crippen LogP contribution in [0, 0.1) is 0 Å². The van der Waals surface area contributed by atoms with Gasteiger partial charge in [-0.15, -0.1) is 0 Å². The predicted molar refractivity (Wildman–Crippen MR) is 99.0 cm³/mol. The molecule has 4 heteroatoms. The average molecular weight is 336 g/mol. The monoisotopic (exact) mass is 336 g/mol. The molecule has 1 aliphatic rings. The van der Waals surface area contributed by atoms with E-state index < -0.39 is 0 Å². The standard InChI is InChI=1S/C21H24N2O2/c24-20-9-5-4-8-19(23-20)21(25)22-15-14-16-10-12-18(13-11-16)17-6-2-1-3-7-17/h1-3,6-7,10-13,19H,4-5,8-9,14-15H2,(H,22,25)(H,23,24). The lowest BCUT2D eigenvalue weighted by Crippen LogP contribution is -2.46. The molecule has 3 rings (SSSR count). The first kappa shape index (κ1) is 17.2. The minimum absolute atomic E-state index is 0.0193. The van der Waals surface area contributed by atoms with Crippen LogP contribution in [0.1, 0.15) is 31.2 Å². The van der Waals surface area contributed by atoms with Crippen molar-refractivity contribution in [3.63, 3.8) is 0 Å². The summed E-state index contributed by atoms with van der Waals surface area (Å²) in [5, 5.41) is 5.74. The second kappa shape index (κ2) is 8.47. The number of rotatable bonds is 5. The zero-order chi connectivity index (χ0) is 17.5. The molecule has 130 valence electrons. The number of amides is 2. The zero-order valence-corrected chi connectivity index (χ0v) is 14.3. The largest absolute Gasteiger partial charge is 0.354 e. The van der Waals surface area contributed by atoms with E-state index in [1.54, 1.807) is 0 Å². The second-order valence-electron chi connectivity index (χ2n) is 6.47. The van der Waals surface area contributed by atoms with Gasteiger partial charge in [0.15, 0.2) is 0 Å². The van der Waals surface area contributed by atoms with Gasteiger partial charge in [0, 0.05) is 13.0 Å². The molecule has 0 aliphatic carbocycles. The lowest BCUT2D eigenvalue weighted by atomic mass is 10.0. The summed E-state index contributed by atoms with van der Waals surface area (Å²) in [6.07, 6.45) is 3.81. The maximum atomic E-state index is 12.2. The molecule has 4 nitrogen and oxygen atoms in total. The van der Waals surface area contributed by atoms with Crippen LogP contribution in [0.5, 0.6) is 0 Å². The lowest BCUT2D eigenvalue weighted by Gasteiger charge is -2.15. The minimum atomic E-state index is -0.379. The van der Waals surface area contributed by atoms with Gasteiger partial charge in [-0.1, -0.05) is 61.0 Å². The Morgan fingerprint density at radius 2 is 1.72 bits per heavy atom. The van der Waals surface area contributed by atoms with E-state index in [0.29, 0.717) is 13.0 Å². The molecule has 1 saturated heterocycles. The summed E-state index contributed by atoms with van der Waals surface area (Å²) in [7, 11) is 0. The van der Waals surface area contributed by atoms with Gasteiger partial charge < -0.3 is 10.6 Å². The van der Waals surface area contributed by atoms with E-state index in [1.807, 2.05) is 18.2 Å². The van der Waals surface area contributed by atoms with Crippen LogP contribution in [-0.4, -0.2) is 24.4 Å². The highest BCUT2D eigenvalue weighted by Crippen LogP contribution is 2.19. The molecule has 2 aromatic rings. The van der Waals surface area contributed by atoms with Crippen molar-refractivity contribution in [3.8, 4) is 11.1 Å². The fourth-order valence-electron chi connectivity index (χ4n) is 3.12. The number of benzene rings is 2. The first-order valence-corrected chi connectivity index (χ1v) is 8.94. The van der Waals surface area contributed by atoms with E-state index in [0.717, 1.165) is 25.7 Å². The molecule has 1 unspecified atom stereocenters. The van der Waals surface area contributed by atoms with E-state index in [1.165, 1.54) is 16.7 Å². The van der Waals surface area contributed by atoms with Crippen molar-refractivity contribution >= 4 is 11.8 Å². The van der Waals surface area contributed by atoms with E-state index in [4.69, 9.17) is 0 Å². The summed E-state index contributed by atoms with van der Waals surface area (Å²) in [5.74, 6) is -0.0923. The van der Waals surface area contributed by atoms with E-state index >= 15 is 0 Å². The zero-order valence-electron chi connectivity index (χ0n) is 14.3. The van der Waals surface area contributed by atoms with Crippen LogP contribution in [0.2, 0.25) is 0 Å². The highest BCUT2D eigenvalue weighted by Gasteiger charge is 2.22. The number of nitrogens with one attached hydrogen (secondary N) is 2.